The summed E-state index contributed by atoms with van der Waals surface area (Å²) in [5, 5.41) is 0. The molecule has 0 aromatic heterocycles. The average molecular weight is 230 g/mol. The van der Waals surface area contributed by atoms with Crippen LogP contribution in [0.5, 0.6) is 0 Å². The first-order chi connectivity index (χ1) is 8.33. The van der Waals surface area contributed by atoms with Gasteiger partial charge >= 0.3 is 0 Å². The number of nitrogens with two attached hydrogens (primary N) is 2. The summed E-state index contributed by atoms with van der Waals surface area (Å²) >= 11 is 0. The van der Waals surface area contributed by atoms with Crippen molar-refractivity contribution in [3.05, 3.63) is 53.7 Å². The first kappa shape index (κ1) is 13.5. The predicted molar refractivity (Wildman–Crippen MR) is 75.3 cm³/mol. The van der Waals surface area contributed by atoms with Gasteiger partial charge in [0.15, 0.2) is 0 Å². The van der Waals surface area contributed by atoms with Crippen molar-refractivity contribution in [2.45, 2.75) is 25.7 Å². The van der Waals surface area contributed by atoms with Crippen LogP contribution in [-0.2, 0) is 0 Å². The van der Waals surface area contributed by atoms with Gasteiger partial charge in [-0.05, 0) is 37.4 Å². The molecule has 92 valence electrons. The highest BCUT2D eigenvalue weighted by atomic mass is 14.6. The minimum atomic E-state index is 0.775. The summed E-state index contributed by atoms with van der Waals surface area (Å²) in [7, 11) is 0. The van der Waals surface area contributed by atoms with Crippen LogP contribution in [0.15, 0.2) is 48.2 Å². The number of rotatable bonds is 7. The SMILES string of the molecule is NCCCCCC(N)=CC=Cc1ccccc1. The van der Waals surface area contributed by atoms with Crippen molar-refractivity contribution in [1.82, 2.24) is 0 Å². The molecule has 0 fully saturated rings. The Morgan fingerprint density at radius 1 is 1.06 bits per heavy atom. The Morgan fingerprint density at radius 3 is 2.53 bits per heavy atom. The molecule has 1 aromatic carbocycles. The van der Waals surface area contributed by atoms with Crippen LogP contribution >= 0.6 is 0 Å². The zero-order chi connectivity index (χ0) is 12.3. The molecule has 0 aliphatic carbocycles. The lowest BCUT2D eigenvalue weighted by Gasteiger charge is -1.99. The molecule has 0 atom stereocenters. The van der Waals surface area contributed by atoms with E-state index in [1.807, 2.05) is 30.4 Å². The second kappa shape index (κ2) is 8.59. The Morgan fingerprint density at radius 2 is 1.82 bits per heavy atom. The Kier molecular flexibility index (Phi) is 6.84. The zero-order valence-electron chi connectivity index (χ0n) is 10.3. The largest absolute Gasteiger partial charge is 0.402 e. The molecule has 0 aliphatic rings. The molecule has 4 N–H and O–H groups in total. The Balaban J connectivity index is 2.30. The van der Waals surface area contributed by atoms with E-state index < -0.39 is 0 Å². The molecule has 17 heavy (non-hydrogen) atoms. The molecular formula is C15H22N2. The average Bonchev–Trinajstić information content (AvgIpc) is 2.36. The summed E-state index contributed by atoms with van der Waals surface area (Å²) in [6, 6.07) is 10.2. The number of allylic oxidation sites excluding steroid dienone is 3. The third kappa shape index (κ3) is 6.59. The van der Waals surface area contributed by atoms with Gasteiger partial charge in [-0.15, -0.1) is 0 Å². The summed E-state index contributed by atoms with van der Waals surface area (Å²) in [5.74, 6) is 0. The third-order valence-corrected chi connectivity index (χ3v) is 2.57. The number of hydrogen-bond acceptors (Lipinski definition) is 2. The second-order valence-corrected chi connectivity index (χ2v) is 4.11. The van der Waals surface area contributed by atoms with Crippen LogP contribution < -0.4 is 11.5 Å². The molecule has 0 saturated heterocycles. The first-order valence-electron chi connectivity index (χ1n) is 6.21. The fraction of sp³-hybridized carbons (Fsp3) is 0.333. The van der Waals surface area contributed by atoms with E-state index in [4.69, 9.17) is 11.5 Å². The summed E-state index contributed by atoms with van der Waals surface area (Å²) in [5.41, 5.74) is 13.5. The molecule has 2 nitrogen and oxygen atoms in total. The monoisotopic (exact) mass is 230 g/mol. The van der Waals surface area contributed by atoms with Crippen LogP contribution in [-0.4, -0.2) is 6.54 Å². The predicted octanol–water partition coefficient (Wildman–Crippen LogP) is 3.06. The molecule has 1 rings (SSSR count). The van der Waals surface area contributed by atoms with E-state index in [1.165, 1.54) is 5.56 Å². The molecule has 0 bridgehead atoms. The Labute approximate surface area is 104 Å². The van der Waals surface area contributed by atoms with Gasteiger partial charge in [0, 0.05) is 5.70 Å². The highest BCUT2D eigenvalue weighted by Crippen LogP contribution is 2.05. The van der Waals surface area contributed by atoms with Gasteiger partial charge in [-0.1, -0.05) is 48.9 Å². The minimum Gasteiger partial charge on any atom is -0.402 e. The van der Waals surface area contributed by atoms with Crippen molar-refractivity contribution in [2.75, 3.05) is 6.54 Å². The van der Waals surface area contributed by atoms with Gasteiger partial charge in [0.25, 0.3) is 0 Å². The molecule has 0 unspecified atom stereocenters. The summed E-state index contributed by atoms with van der Waals surface area (Å²) in [6.45, 7) is 0.775. The van der Waals surface area contributed by atoms with Crippen LogP contribution in [0.2, 0.25) is 0 Å². The molecule has 0 amide bonds. The molecule has 0 heterocycles. The summed E-state index contributed by atoms with van der Waals surface area (Å²) in [4.78, 5) is 0. The van der Waals surface area contributed by atoms with Crippen LogP contribution in [0.3, 0.4) is 0 Å². The molecule has 1 aromatic rings. The summed E-state index contributed by atoms with van der Waals surface area (Å²) < 4.78 is 0. The van der Waals surface area contributed by atoms with Gasteiger partial charge in [0.1, 0.15) is 0 Å². The summed E-state index contributed by atoms with van der Waals surface area (Å²) in [6.07, 6.45) is 10.4. The maximum atomic E-state index is 5.90. The topological polar surface area (TPSA) is 52.0 Å². The van der Waals surface area contributed by atoms with Crippen molar-refractivity contribution in [3.63, 3.8) is 0 Å². The van der Waals surface area contributed by atoms with E-state index in [9.17, 15) is 0 Å². The van der Waals surface area contributed by atoms with E-state index >= 15 is 0 Å². The van der Waals surface area contributed by atoms with Crippen molar-refractivity contribution in [2.24, 2.45) is 11.5 Å². The fourth-order valence-corrected chi connectivity index (χ4v) is 1.58. The van der Waals surface area contributed by atoms with Crippen molar-refractivity contribution >= 4 is 6.08 Å². The number of unbranched alkanes of at least 4 members (excludes halogenated alkanes) is 2. The van der Waals surface area contributed by atoms with E-state index in [2.05, 4.69) is 18.2 Å². The van der Waals surface area contributed by atoms with Crippen molar-refractivity contribution in [1.29, 1.82) is 0 Å². The smallest absolute Gasteiger partial charge is 0.00804 e. The molecule has 0 saturated carbocycles. The maximum absolute atomic E-state index is 5.90. The second-order valence-electron chi connectivity index (χ2n) is 4.11. The minimum absolute atomic E-state index is 0.775. The normalized spacial score (nSPS) is 12.2. The third-order valence-electron chi connectivity index (χ3n) is 2.57. The zero-order valence-corrected chi connectivity index (χ0v) is 10.3. The molecule has 0 spiro atoms. The standard InChI is InChI=1S/C15H22N2/c16-13-6-2-5-11-15(17)12-7-10-14-8-3-1-4-9-14/h1,3-4,7-10,12H,2,5-6,11,13,16-17H2. The number of hydrogen-bond donors (Lipinski definition) is 2. The van der Waals surface area contributed by atoms with Crippen molar-refractivity contribution < 1.29 is 0 Å². The van der Waals surface area contributed by atoms with E-state index in [1.54, 1.807) is 0 Å². The van der Waals surface area contributed by atoms with Gasteiger partial charge in [0.2, 0.25) is 0 Å². The highest BCUT2D eigenvalue weighted by molar-refractivity contribution is 5.50. The van der Waals surface area contributed by atoms with Crippen LogP contribution in [0, 0.1) is 0 Å². The first-order valence-corrected chi connectivity index (χ1v) is 6.21. The fourth-order valence-electron chi connectivity index (χ4n) is 1.58. The van der Waals surface area contributed by atoms with Crippen LogP contribution in [0.25, 0.3) is 6.08 Å². The van der Waals surface area contributed by atoms with Gasteiger partial charge in [-0.2, -0.15) is 0 Å². The molecule has 2 heteroatoms. The molecular weight excluding hydrogens is 208 g/mol. The maximum Gasteiger partial charge on any atom is 0.00804 e. The van der Waals surface area contributed by atoms with Crippen LogP contribution in [0.1, 0.15) is 31.2 Å². The van der Waals surface area contributed by atoms with Gasteiger partial charge in [-0.25, -0.2) is 0 Å². The van der Waals surface area contributed by atoms with E-state index in [0.717, 1.165) is 37.9 Å². The highest BCUT2D eigenvalue weighted by Gasteiger charge is 1.90. The Bertz CT molecular complexity index is 352. The molecule has 0 radical (unpaired) electrons. The van der Waals surface area contributed by atoms with Crippen molar-refractivity contribution in [3.8, 4) is 0 Å². The van der Waals surface area contributed by atoms with E-state index in [-0.39, 0.29) is 0 Å². The lowest BCUT2D eigenvalue weighted by molar-refractivity contribution is 0.681. The van der Waals surface area contributed by atoms with E-state index in [0.29, 0.717) is 0 Å². The van der Waals surface area contributed by atoms with Gasteiger partial charge < -0.3 is 11.5 Å². The lowest BCUT2D eigenvalue weighted by Crippen LogP contribution is -2.00. The number of benzene rings is 1. The Hall–Kier alpha value is -1.54. The van der Waals surface area contributed by atoms with Gasteiger partial charge in [0.05, 0.1) is 0 Å². The molecule has 0 aliphatic heterocycles. The van der Waals surface area contributed by atoms with Crippen LogP contribution in [0.4, 0.5) is 0 Å². The van der Waals surface area contributed by atoms with Gasteiger partial charge in [-0.3, -0.25) is 0 Å². The quantitative estimate of drug-likeness (QED) is 0.558. The lowest BCUT2D eigenvalue weighted by atomic mass is 10.1.